The van der Waals surface area contributed by atoms with Gasteiger partial charge in [0.05, 0.1) is 23.7 Å². The molecule has 0 aliphatic heterocycles. The number of hydrogen-bond acceptors (Lipinski definition) is 6. The lowest BCUT2D eigenvalue weighted by atomic mass is 9.98. The van der Waals surface area contributed by atoms with Gasteiger partial charge in [0.1, 0.15) is 5.01 Å². The lowest BCUT2D eigenvalue weighted by Crippen LogP contribution is -2.24. The minimum atomic E-state index is -1.06. The molecule has 0 bridgehead atoms. The maximum atomic E-state index is 11.9. The van der Waals surface area contributed by atoms with Gasteiger partial charge in [0.25, 0.3) is 0 Å². The van der Waals surface area contributed by atoms with Gasteiger partial charge in [-0.2, -0.15) is 0 Å². The molecule has 118 valence electrons. The number of thiazole rings is 2. The fourth-order valence-corrected chi connectivity index (χ4v) is 3.24. The van der Waals surface area contributed by atoms with Crippen molar-refractivity contribution in [3.8, 4) is 0 Å². The van der Waals surface area contributed by atoms with Gasteiger partial charge in [0, 0.05) is 16.2 Å². The van der Waals surface area contributed by atoms with Crippen LogP contribution in [-0.2, 0) is 23.2 Å². The van der Waals surface area contributed by atoms with Crippen LogP contribution in [0.1, 0.15) is 47.0 Å². The molecular formula is C14H17N3O3S2. The van der Waals surface area contributed by atoms with Gasteiger partial charge in [-0.05, 0) is 0 Å². The van der Waals surface area contributed by atoms with Gasteiger partial charge in [0.15, 0.2) is 5.69 Å². The van der Waals surface area contributed by atoms with E-state index in [0.717, 1.165) is 10.7 Å². The van der Waals surface area contributed by atoms with E-state index in [1.54, 1.807) is 11.3 Å². The van der Waals surface area contributed by atoms with Crippen molar-refractivity contribution in [3.63, 3.8) is 0 Å². The van der Waals surface area contributed by atoms with Gasteiger partial charge < -0.3 is 10.4 Å². The molecule has 6 nitrogen and oxygen atoms in total. The SMILES string of the molecule is CC(C)(C)c1nc(CC(=O)NCc2nc(C(=O)O)cs2)cs1. The van der Waals surface area contributed by atoms with Crippen LogP contribution < -0.4 is 5.32 Å². The summed E-state index contributed by atoms with van der Waals surface area (Å²) in [6.07, 6.45) is 0.212. The van der Waals surface area contributed by atoms with Crippen LogP contribution in [0.15, 0.2) is 10.8 Å². The molecule has 0 unspecified atom stereocenters. The number of carboxylic acid groups (broad SMARTS) is 1. The first-order chi connectivity index (χ1) is 10.3. The zero-order valence-corrected chi connectivity index (χ0v) is 14.2. The summed E-state index contributed by atoms with van der Waals surface area (Å²) in [5, 5.41) is 16.4. The van der Waals surface area contributed by atoms with E-state index in [2.05, 4.69) is 36.1 Å². The number of amides is 1. The quantitative estimate of drug-likeness (QED) is 0.873. The molecular weight excluding hydrogens is 322 g/mol. The Hall–Kier alpha value is -1.80. The maximum absolute atomic E-state index is 11.9. The fourth-order valence-electron chi connectivity index (χ4n) is 1.62. The van der Waals surface area contributed by atoms with E-state index < -0.39 is 5.97 Å². The van der Waals surface area contributed by atoms with Crippen LogP contribution in [0.5, 0.6) is 0 Å². The number of nitrogens with one attached hydrogen (secondary N) is 1. The highest BCUT2D eigenvalue weighted by atomic mass is 32.1. The second-order valence-electron chi connectivity index (χ2n) is 5.78. The summed E-state index contributed by atoms with van der Waals surface area (Å²) in [5.74, 6) is -1.22. The highest BCUT2D eigenvalue weighted by Crippen LogP contribution is 2.25. The minimum Gasteiger partial charge on any atom is -0.476 e. The molecule has 2 aromatic heterocycles. The Morgan fingerprint density at radius 3 is 2.50 bits per heavy atom. The van der Waals surface area contributed by atoms with Gasteiger partial charge in [-0.1, -0.05) is 20.8 Å². The third-order valence-corrected chi connectivity index (χ3v) is 4.91. The van der Waals surface area contributed by atoms with E-state index in [0.29, 0.717) is 5.01 Å². The summed E-state index contributed by atoms with van der Waals surface area (Å²) in [4.78, 5) is 31.0. The van der Waals surface area contributed by atoms with E-state index in [1.165, 1.54) is 16.7 Å². The van der Waals surface area contributed by atoms with Crippen molar-refractivity contribution in [2.24, 2.45) is 0 Å². The lowest BCUT2D eigenvalue weighted by molar-refractivity contribution is -0.120. The normalized spacial score (nSPS) is 11.4. The van der Waals surface area contributed by atoms with E-state index in [-0.39, 0.29) is 30.0 Å². The molecule has 0 saturated carbocycles. The number of rotatable bonds is 5. The third kappa shape index (κ3) is 4.35. The van der Waals surface area contributed by atoms with Crippen molar-refractivity contribution in [2.75, 3.05) is 0 Å². The highest BCUT2D eigenvalue weighted by molar-refractivity contribution is 7.10. The Labute approximate surface area is 136 Å². The molecule has 0 atom stereocenters. The number of carbonyl (C=O) groups is 2. The van der Waals surface area contributed by atoms with Gasteiger partial charge in [-0.15, -0.1) is 22.7 Å². The number of nitrogens with zero attached hydrogens (tertiary/aromatic N) is 2. The lowest BCUT2D eigenvalue weighted by Gasteiger charge is -2.13. The van der Waals surface area contributed by atoms with Crippen molar-refractivity contribution >= 4 is 34.6 Å². The first kappa shape index (κ1) is 16.6. The molecule has 2 heterocycles. The second-order valence-corrected chi connectivity index (χ2v) is 7.58. The van der Waals surface area contributed by atoms with Gasteiger partial charge in [-0.3, -0.25) is 4.79 Å². The zero-order valence-electron chi connectivity index (χ0n) is 12.5. The molecule has 0 radical (unpaired) electrons. The Kier molecular flexibility index (Phi) is 4.92. The third-order valence-electron chi connectivity index (χ3n) is 2.74. The monoisotopic (exact) mass is 339 g/mol. The number of carbonyl (C=O) groups excluding carboxylic acids is 1. The van der Waals surface area contributed by atoms with E-state index >= 15 is 0 Å². The van der Waals surface area contributed by atoms with Crippen LogP contribution >= 0.6 is 22.7 Å². The smallest absolute Gasteiger partial charge is 0.355 e. The molecule has 0 spiro atoms. The van der Waals surface area contributed by atoms with Crippen molar-refractivity contribution in [3.05, 3.63) is 32.2 Å². The standard InChI is InChI=1S/C14H17N3O3S2/c1-14(2,3)13-16-8(6-22-13)4-10(18)15-5-11-17-9(7-21-11)12(19)20/h6-7H,4-5H2,1-3H3,(H,15,18)(H,19,20). The Morgan fingerprint density at radius 2 is 1.95 bits per heavy atom. The summed E-state index contributed by atoms with van der Waals surface area (Å²) in [5.41, 5.74) is 0.731. The van der Waals surface area contributed by atoms with E-state index in [9.17, 15) is 9.59 Å². The Balaban J connectivity index is 1.87. The summed E-state index contributed by atoms with van der Waals surface area (Å²) in [6, 6.07) is 0. The predicted molar refractivity (Wildman–Crippen MR) is 85.4 cm³/mol. The van der Waals surface area contributed by atoms with Crippen LogP contribution in [0.2, 0.25) is 0 Å². The minimum absolute atomic E-state index is 0.00330. The van der Waals surface area contributed by atoms with Crippen LogP contribution in [0, 0.1) is 0 Å². The molecule has 8 heteroatoms. The molecule has 22 heavy (non-hydrogen) atoms. The summed E-state index contributed by atoms with van der Waals surface area (Å²) in [7, 11) is 0. The molecule has 0 saturated heterocycles. The predicted octanol–water partition coefficient (Wildman–Crippen LogP) is 2.45. The fraction of sp³-hybridized carbons (Fsp3) is 0.429. The largest absolute Gasteiger partial charge is 0.476 e. The Morgan fingerprint density at radius 1 is 1.23 bits per heavy atom. The molecule has 0 aromatic carbocycles. The number of carboxylic acids is 1. The molecule has 0 aliphatic rings. The van der Waals surface area contributed by atoms with Crippen LogP contribution in [0.3, 0.4) is 0 Å². The summed E-state index contributed by atoms with van der Waals surface area (Å²) >= 11 is 2.77. The zero-order chi connectivity index (χ0) is 16.3. The van der Waals surface area contributed by atoms with Gasteiger partial charge in [-0.25, -0.2) is 14.8 Å². The van der Waals surface area contributed by atoms with Crippen LogP contribution in [0.4, 0.5) is 0 Å². The number of aromatic nitrogens is 2. The number of hydrogen-bond donors (Lipinski definition) is 2. The average Bonchev–Trinajstić information content (AvgIpc) is 3.04. The first-order valence-electron chi connectivity index (χ1n) is 6.65. The van der Waals surface area contributed by atoms with Crippen LogP contribution in [-0.4, -0.2) is 27.0 Å². The maximum Gasteiger partial charge on any atom is 0.355 e. The Bertz CT molecular complexity index is 686. The van der Waals surface area contributed by atoms with Gasteiger partial charge in [0.2, 0.25) is 5.91 Å². The van der Waals surface area contributed by atoms with Crippen molar-refractivity contribution < 1.29 is 14.7 Å². The molecule has 2 aromatic rings. The van der Waals surface area contributed by atoms with Crippen molar-refractivity contribution in [1.82, 2.24) is 15.3 Å². The van der Waals surface area contributed by atoms with Crippen LogP contribution in [0.25, 0.3) is 0 Å². The molecule has 1 amide bonds. The molecule has 2 N–H and O–H groups in total. The summed E-state index contributed by atoms with van der Waals surface area (Å²) in [6.45, 7) is 6.47. The summed E-state index contributed by atoms with van der Waals surface area (Å²) < 4.78 is 0. The molecule has 2 rings (SSSR count). The average molecular weight is 339 g/mol. The van der Waals surface area contributed by atoms with E-state index in [1.807, 2.05) is 5.38 Å². The molecule has 0 aliphatic carbocycles. The second kappa shape index (κ2) is 6.53. The highest BCUT2D eigenvalue weighted by Gasteiger charge is 2.18. The first-order valence-corrected chi connectivity index (χ1v) is 8.41. The van der Waals surface area contributed by atoms with Crippen molar-refractivity contribution in [1.29, 1.82) is 0 Å². The van der Waals surface area contributed by atoms with Crippen molar-refractivity contribution in [2.45, 2.75) is 39.2 Å². The topological polar surface area (TPSA) is 92.2 Å². The number of aromatic carboxylic acids is 1. The molecule has 0 fully saturated rings. The van der Waals surface area contributed by atoms with E-state index in [4.69, 9.17) is 5.11 Å². The van der Waals surface area contributed by atoms with Gasteiger partial charge >= 0.3 is 5.97 Å².